The summed E-state index contributed by atoms with van der Waals surface area (Å²) in [6, 6.07) is 65.3. The van der Waals surface area contributed by atoms with Crippen molar-refractivity contribution >= 4 is 65.6 Å². The molecule has 0 spiro atoms. The fraction of sp³-hybridized carbons (Fsp3) is 0. The second kappa shape index (κ2) is 12.3. The highest BCUT2D eigenvalue weighted by molar-refractivity contribution is 6.24. The van der Waals surface area contributed by atoms with Crippen molar-refractivity contribution in [2.75, 3.05) is 0 Å². The van der Waals surface area contributed by atoms with Gasteiger partial charge in [0.15, 0.2) is 28.6 Å². The summed E-state index contributed by atoms with van der Waals surface area (Å²) in [5, 5.41) is 6.71. The standard InChI is InChI=1S/C51H31N5O/c1-4-16-32(17-5-1)49-52-50(33-18-6-2-7-19-33)54-51(53-49)41-26-14-24-37-38-30-31-40-39-25-15-29-44(56-42-27-12-10-22-35(42)36-23-11-13-28-43(36)56)47(39)57-48(40)46(38)55(45(37)41)34-20-8-3-9-21-34/h1-31H. The molecular weight excluding hydrogens is 699 g/mol. The highest BCUT2D eigenvalue weighted by Gasteiger charge is 2.24. The molecule has 4 aromatic heterocycles. The average molecular weight is 730 g/mol. The third-order valence-corrected chi connectivity index (χ3v) is 11.2. The Kier molecular flexibility index (Phi) is 6.83. The summed E-state index contributed by atoms with van der Waals surface area (Å²) in [6.07, 6.45) is 0. The van der Waals surface area contributed by atoms with Crippen LogP contribution in [0.5, 0.6) is 0 Å². The van der Waals surface area contributed by atoms with Crippen LogP contribution in [-0.4, -0.2) is 24.1 Å². The predicted octanol–water partition coefficient (Wildman–Crippen LogP) is 13.0. The number of nitrogens with zero attached hydrogens (tertiary/aromatic N) is 5. The average Bonchev–Trinajstić information content (AvgIpc) is 3.95. The Bertz CT molecular complexity index is 3400. The Morgan fingerprint density at radius 1 is 0.333 bits per heavy atom. The molecule has 12 rings (SSSR count). The van der Waals surface area contributed by atoms with Gasteiger partial charge in [-0.3, -0.25) is 0 Å². The van der Waals surface area contributed by atoms with Gasteiger partial charge in [0.2, 0.25) is 0 Å². The Hall–Kier alpha value is -7.83. The molecule has 6 nitrogen and oxygen atoms in total. The van der Waals surface area contributed by atoms with E-state index in [1.165, 1.54) is 10.8 Å². The summed E-state index contributed by atoms with van der Waals surface area (Å²) >= 11 is 0. The summed E-state index contributed by atoms with van der Waals surface area (Å²) in [7, 11) is 0. The molecule has 0 radical (unpaired) electrons. The molecular formula is C51H31N5O. The maximum atomic E-state index is 7.23. The van der Waals surface area contributed by atoms with Crippen molar-refractivity contribution < 1.29 is 4.42 Å². The lowest BCUT2D eigenvalue weighted by Crippen LogP contribution is -2.02. The van der Waals surface area contributed by atoms with Crippen LogP contribution in [0.15, 0.2) is 192 Å². The Balaban J connectivity index is 1.19. The Morgan fingerprint density at radius 3 is 1.49 bits per heavy atom. The van der Waals surface area contributed by atoms with Crippen LogP contribution in [0, 0.1) is 0 Å². The first-order valence-electron chi connectivity index (χ1n) is 19.1. The molecule has 266 valence electrons. The van der Waals surface area contributed by atoms with E-state index in [1.54, 1.807) is 0 Å². The highest BCUT2D eigenvalue weighted by Crippen LogP contribution is 2.45. The number of benzene rings is 8. The van der Waals surface area contributed by atoms with Crippen molar-refractivity contribution in [3.8, 4) is 45.5 Å². The van der Waals surface area contributed by atoms with E-state index in [1.807, 2.05) is 60.7 Å². The molecule has 0 saturated heterocycles. The van der Waals surface area contributed by atoms with E-state index in [-0.39, 0.29) is 0 Å². The summed E-state index contributed by atoms with van der Waals surface area (Å²) in [4.78, 5) is 15.3. The number of hydrogen-bond acceptors (Lipinski definition) is 4. The fourth-order valence-electron chi connectivity index (χ4n) is 8.69. The number of aromatic nitrogens is 5. The first-order valence-corrected chi connectivity index (χ1v) is 19.1. The number of rotatable bonds is 5. The minimum atomic E-state index is 0.600. The number of para-hydroxylation sites is 5. The first kappa shape index (κ1) is 31.5. The number of fused-ring (bicyclic) bond motifs is 10. The molecule has 0 saturated carbocycles. The molecule has 6 heteroatoms. The van der Waals surface area contributed by atoms with Gasteiger partial charge in [-0.25, -0.2) is 15.0 Å². The third kappa shape index (κ3) is 4.74. The molecule has 0 aliphatic heterocycles. The van der Waals surface area contributed by atoms with Gasteiger partial charge in [-0.05, 0) is 42.5 Å². The molecule has 8 aromatic carbocycles. The normalized spacial score (nSPS) is 11.9. The zero-order valence-electron chi connectivity index (χ0n) is 30.5. The minimum Gasteiger partial charge on any atom is -0.452 e. The van der Waals surface area contributed by atoms with Crippen molar-refractivity contribution in [1.82, 2.24) is 24.1 Å². The van der Waals surface area contributed by atoms with Gasteiger partial charge in [-0.1, -0.05) is 146 Å². The second-order valence-electron chi connectivity index (χ2n) is 14.4. The largest absolute Gasteiger partial charge is 0.452 e. The van der Waals surface area contributed by atoms with Crippen molar-refractivity contribution in [3.05, 3.63) is 188 Å². The van der Waals surface area contributed by atoms with Gasteiger partial charge in [0.05, 0.1) is 27.8 Å². The van der Waals surface area contributed by atoms with E-state index >= 15 is 0 Å². The molecule has 0 amide bonds. The summed E-state index contributed by atoms with van der Waals surface area (Å²) < 4.78 is 11.9. The van der Waals surface area contributed by atoms with Crippen LogP contribution in [0.25, 0.3) is 111 Å². The number of hydrogen-bond donors (Lipinski definition) is 0. The molecule has 0 aliphatic carbocycles. The number of furan rings is 1. The van der Waals surface area contributed by atoms with Crippen LogP contribution in [-0.2, 0) is 0 Å². The highest BCUT2D eigenvalue weighted by atomic mass is 16.3. The maximum Gasteiger partial charge on any atom is 0.166 e. The van der Waals surface area contributed by atoms with Crippen molar-refractivity contribution in [2.45, 2.75) is 0 Å². The van der Waals surface area contributed by atoms with E-state index in [0.29, 0.717) is 17.5 Å². The summed E-state index contributed by atoms with van der Waals surface area (Å²) in [5.41, 5.74) is 10.7. The predicted molar refractivity (Wildman–Crippen MR) is 232 cm³/mol. The molecule has 0 N–H and O–H groups in total. The van der Waals surface area contributed by atoms with Crippen LogP contribution in [0.3, 0.4) is 0 Å². The van der Waals surface area contributed by atoms with Crippen molar-refractivity contribution in [1.29, 1.82) is 0 Å². The van der Waals surface area contributed by atoms with E-state index < -0.39 is 0 Å². The molecule has 12 aromatic rings. The summed E-state index contributed by atoms with van der Waals surface area (Å²) in [6.45, 7) is 0. The maximum absolute atomic E-state index is 7.23. The molecule has 57 heavy (non-hydrogen) atoms. The fourth-order valence-corrected chi connectivity index (χ4v) is 8.69. The Labute approximate surface area is 326 Å². The van der Waals surface area contributed by atoms with Gasteiger partial charge in [0.1, 0.15) is 0 Å². The zero-order chi connectivity index (χ0) is 37.5. The van der Waals surface area contributed by atoms with Crippen LogP contribution >= 0.6 is 0 Å². The van der Waals surface area contributed by atoms with Gasteiger partial charge < -0.3 is 13.6 Å². The lowest BCUT2D eigenvalue weighted by atomic mass is 10.1. The topological polar surface area (TPSA) is 61.7 Å². The van der Waals surface area contributed by atoms with Gasteiger partial charge in [0, 0.05) is 54.7 Å². The second-order valence-corrected chi connectivity index (χ2v) is 14.4. The lowest BCUT2D eigenvalue weighted by molar-refractivity contribution is 0.668. The SMILES string of the molecule is c1ccc(-c2nc(-c3ccccc3)nc(-c3cccc4c5ccc6c7cccc(-n8c9ccccc9c9ccccc98)c7oc6c5n(-c5ccccc5)c34)n2)cc1. The van der Waals surface area contributed by atoms with Gasteiger partial charge >= 0.3 is 0 Å². The van der Waals surface area contributed by atoms with Gasteiger partial charge in [-0.2, -0.15) is 0 Å². The van der Waals surface area contributed by atoms with E-state index in [2.05, 4.69) is 137 Å². The minimum absolute atomic E-state index is 0.600. The zero-order valence-corrected chi connectivity index (χ0v) is 30.5. The summed E-state index contributed by atoms with van der Waals surface area (Å²) in [5.74, 6) is 1.84. The smallest absolute Gasteiger partial charge is 0.166 e. The molecule has 0 bridgehead atoms. The van der Waals surface area contributed by atoms with Crippen LogP contribution in [0.1, 0.15) is 0 Å². The monoisotopic (exact) mass is 729 g/mol. The van der Waals surface area contributed by atoms with Gasteiger partial charge in [-0.15, -0.1) is 0 Å². The molecule has 0 fully saturated rings. The lowest BCUT2D eigenvalue weighted by Gasteiger charge is -2.12. The first-order chi connectivity index (χ1) is 28.3. The molecule has 0 aliphatic rings. The molecule has 4 heterocycles. The van der Waals surface area contributed by atoms with Crippen molar-refractivity contribution in [3.63, 3.8) is 0 Å². The van der Waals surface area contributed by atoms with Crippen molar-refractivity contribution in [2.24, 2.45) is 0 Å². The van der Waals surface area contributed by atoms with Crippen LogP contribution in [0.4, 0.5) is 0 Å². The molecule has 0 atom stereocenters. The van der Waals surface area contributed by atoms with Crippen LogP contribution in [0.2, 0.25) is 0 Å². The van der Waals surface area contributed by atoms with Crippen LogP contribution < -0.4 is 0 Å². The van der Waals surface area contributed by atoms with Gasteiger partial charge in [0.25, 0.3) is 0 Å². The Morgan fingerprint density at radius 2 is 0.825 bits per heavy atom. The van der Waals surface area contributed by atoms with E-state index in [4.69, 9.17) is 19.4 Å². The van der Waals surface area contributed by atoms with E-state index in [9.17, 15) is 0 Å². The van der Waals surface area contributed by atoms with E-state index in [0.717, 1.165) is 82.8 Å². The molecule has 0 unspecified atom stereocenters. The third-order valence-electron chi connectivity index (χ3n) is 11.2. The quantitative estimate of drug-likeness (QED) is 0.177.